The number of nitrogens with one attached hydrogen (secondary N) is 1. The summed E-state index contributed by atoms with van der Waals surface area (Å²) in [5.74, 6) is -0.515. The molecule has 2 aromatic carbocycles. The number of carbonyl (C=O) groups is 1. The summed E-state index contributed by atoms with van der Waals surface area (Å²) < 4.78 is 36.7. The van der Waals surface area contributed by atoms with Crippen molar-refractivity contribution in [2.45, 2.75) is 33.9 Å². The number of alkyl halides is 2. The van der Waals surface area contributed by atoms with E-state index in [0.29, 0.717) is 28.0 Å². The topological polar surface area (TPSA) is 65.4 Å². The van der Waals surface area contributed by atoms with Crippen molar-refractivity contribution >= 4 is 34.8 Å². The van der Waals surface area contributed by atoms with Crippen LogP contribution in [0.3, 0.4) is 0 Å². The maximum Gasteiger partial charge on any atom is 0.387 e. The SMILES string of the molecule is CCOc1cc(C(=O)Nc2c(C)nn(Cc3ccc(Cl)c(Cl)c3)c2C)ccc1OC(F)F. The van der Waals surface area contributed by atoms with Gasteiger partial charge in [0.05, 0.1) is 40.3 Å². The quantitative estimate of drug-likeness (QED) is 0.419. The minimum Gasteiger partial charge on any atom is -0.490 e. The lowest BCUT2D eigenvalue weighted by Crippen LogP contribution is -2.14. The van der Waals surface area contributed by atoms with Gasteiger partial charge >= 0.3 is 6.61 Å². The van der Waals surface area contributed by atoms with E-state index in [4.69, 9.17) is 27.9 Å². The number of nitrogens with zero attached hydrogens (tertiary/aromatic N) is 2. The summed E-state index contributed by atoms with van der Waals surface area (Å²) in [4.78, 5) is 12.8. The fraction of sp³-hybridized carbons (Fsp3) is 0.273. The molecule has 0 aliphatic carbocycles. The van der Waals surface area contributed by atoms with E-state index in [-0.39, 0.29) is 23.7 Å². The number of amides is 1. The third kappa shape index (κ3) is 5.49. The zero-order chi connectivity index (χ0) is 23.4. The average Bonchev–Trinajstić information content (AvgIpc) is 2.99. The Morgan fingerprint density at radius 2 is 1.88 bits per heavy atom. The van der Waals surface area contributed by atoms with Crippen molar-refractivity contribution in [3.63, 3.8) is 0 Å². The van der Waals surface area contributed by atoms with Gasteiger partial charge in [0.25, 0.3) is 5.91 Å². The number of aryl methyl sites for hydroxylation is 1. The maximum atomic E-state index is 12.8. The van der Waals surface area contributed by atoms with E-state index >= 15 is 0 Å². The Labute approximate surface area is 194 Å². The molecule has 0 aliphatic heterocycles. The number of aromatic nitrogens is 2. The molecule has 170 valence electrons. The van der Waals surface area contributed by atoms with Crippen molar-refractivity contribution in [1.82, 2.24) is 9.78 Å². The number of hydrogen-bond acceptors (Lipinski definition) is 4. The molecule has 32 heavy (non-hydrogen) atoms. The van der Waals surface area contributed by atoms with E-state index in [1.807, 2.05) is 13.0 Å². The summed E-state index contributed by atoms with van der Waals surface area (Å²) in [7, 11) is 0. The summed E-state index contributed by atoms with van der Waals surface area (Å²) in [5, 5.41) is 8.25. The van der Waals surface area contributed by atoms with Gasteiger partial charge in [-0.2, -0.15) is 13.9 Å². The minimum absolute atomic E-state index is 0.0595. The molecule has 0 spiro atoms. The van der Waals surface area contributed by atoms with Crippen LogP contribution in [0.5, 0.6) is 11.5 Å². The zero-order valence-corrected chi connectivity index (χ0v) is 19.1. The van der Waals surface area contributed by atoms with E-state index in [1.165, 1.54) is 18.2 Å². The monoisotopic (exact) mass is 483 g/mol. The van der Waals surface area contributed by atoms with Crippen LogP contribution in [0.25, 0.3) is 0 Å². The lowest BCUT2D eigenvalue weighted by atomic mass is 10.1. The molecular weight excluding hydrogens is 463 g/mol. The van der Waals surface area contributed by atoms with Crippen LogP contribution >= 0.6 is 23.2 Å². The minimum atomic E-state index is -3.00. The van der Waals surface area contributed by atoms with Crippen molar-refractivity contribution in [2.75, 3.05) is 11.9 Å². The Bertz CT molecular complexity index is 1140. The van der Waals surface area contributed by atoms with Gasteiger partial charge in [-0.1, -0.05) is 29.3 Å². The van der Waals surface area contributed by atoms with Crippen LogP contribution in [-0.4, -0.2) is 28.9 Å². The van der Waals surface area contributed by atoms with Crippen LogP contribution in [0.2, 0.25) is 10.0 Å². The maximum absolute atomic E-state index is 12.8. The fourth-order valence-corrected chi connectivity index (χ4v) is 3.46. The van der Waals surface area contributed by atoms with Gasteiger partial charge in [0.15, 0.2) is 11.5 Å². The molecule has 0 radical (unpaired) electrons. The second kappa shape index (κ2) is 10.2. The van der Waals surface area contributed by atoms with Crippen LogP contribution in [0.4, 0.5) is 14.5 Å². The Hall–Kier alpha value is -2.84. The van der Waals surface area contributed by atoms with Gasteiger partial charge < -0.3 is 14.8 Å². The third-order valence-corrected chi connectivity index (χ3v) is 5.40. The van der Waals surface area contributed by atoms with Gasteiger partial charge in [0.2, 0.25) is 0 Å². The van der Waals surface area contributed by atoms with E-state index < -0.39 is 12.5 Å². The molecule has 6 nitrogen and oxygen atoms in total. The smallest absolute Gasteiger partial charge is 0.387 e. The number of rotatable bonds is 8. The molecule has 1 N–H and O–H groups in total. The van der Waals surface area contributed by atoms with Crippen LogP contribution in [0, 0.1) is 13.8 Å². The van der Waals surface area contributed by atoms with Crippen LogP contribution in [0.1, 0.15) is 34.2 Å². The van der Waals surface area contributed by atoms with Crippen molar-refractivity contribution < 1.29 is 23.0 Å². The largest absolute Gasteiger partial charge is 0.490 e. The highest BCUT2D eigenvalue weighted by atomic mass is 35.5. The summed E-state index contributed by atoms with van der Waals surface area (Å²) in [6.07, 6.45) is 0. The van der Waals surface area contributed by atoms with Gasteiger partial charge in [-0.3, -0.25) is 9.48 Å². The Morgan fingerprint density at radius 1 is 1.12 bits per heavy atom. The molecule has 10 heteroatoms. The molecule has 0 fully saturated rings. The highest BCUT2D eigenvalue weighted by Gasteiger charge is 2.18. The van der Waals surface area contributed by atoms with Gasteiger partial charge in [-0.15, -0.1) is 0 Å². The highest BCUT2D eigenvalue weighted by molar-refractivity contribution is 6.42. The lowest BCUT2D eigenvalue weighted by Gasteiger charge is -2.13. The number of carbonyl (C=O) groups excluding carboxylic acids is 1. The molecule has 1 aromatic heterocycles. The first-order valence-corrected chi connectivity index (χ1v) is 10.5. The first kappa shape index (κ1) is 23.8. The van der Waals surface area contributed by atoms with Crippen LogP contribution in [0.15, 0.2) is 36.4 Å². The van der Waals surface area contributed by atoms with E-state index in [1.54, 1.807) is 30.7 Å². The molecule has 0 saturated carbocycles. The summed E-state index contributed by atoms with van der Waals surface area (Å²) in [6.45, 7) is 2.98. The van der Waals surface area contributed by atoms with Crippen LogP contribution in [-0.2, 0) is 6.54 Å². The molecule has 1 heterocycles. The molecule has 3 rings (SSSR count). The molecule has 3 aromatic rings. The van der Waals surface area contributed by atoms with Gasteiger partial charge in [-0.05, 0) is 56.7 Å². The molecule has 0 bridgehead atoms. The molecular formula is C22H21Cl2F2N3O3. The van der Waals surface area contributed by atoms with Gasteiger partial charge in [-0.25, -0.2) is 0 Å². The highest BCUT2D eigenvalue weighted by Crippen LogP contribution is 2.31. The number of anilines is 1. The summed E-state index contributed by atoms with van der Waals surface area (Å²) in [5.41, 5.74) is 3.05. The Balaban J connectivity index is 1.82. The standard InChI is InChI=1S/C22H21Cl2F2N3O3/c1-4-31-19-10-15(6-8-18(19)32-22(25)26)21(30)27-20-12(2)28-29(13(20)3)11-14-5-7-16(23)17(24)9-14/h5-10,22H,4,11H2,1-3H3,(H,27,30). The predicted molar refractivity (Wildman–Crippen MR) is 119 cm³/mol. The predicted octanol–water partition coefficient (Wildman–Crippen LogP) is 6.11. The first-order chi connectivity index (χ1) is 15.2. The number of benzene rings is 2. The second-order valence-corrected chi connectivity index (χ2v) is 7.69. The van der Waals surface area contributed by atoms with E-state index in [0.717, 1.165) is 11.3 Å². The lowest BCUT2D eigenvalue weighted by molar-refractivity contribution is -0.0514. The number of hydrogen-bond donors (Lipinski definition) is 1. The fourth-order valence-electron chi connectivity index (χ4n) is 3.14. The Kier molecular flexibility index (Phi) is 7.58. The van der Waals surface area contributed by atoms with Crippen LogP contribution < -0.4 is 14.8 Å². The van der Waals surface area contributed by atoms with Gasteiger partial charge in [0, 0.05) is 5.56 Å². The van der Waals surface area contributed by atoms with E-state index in [9.17, 15) is 13.6 Å². The first-order valence-electron chi connectivity index (χ1n) is 9.70. The van der Waals surface area contributed by atoms with E-state index in [2.05, 4.69) is 15.2 Å². The second-order valence-electron chi connectivity index (χ2n) is 6.88. The van der Waals surface area contributed by atoms with Crippen molar-refractivity contribution in [2.24, 2.45) is 0 Å². The number of ether oxygens (including phenoxy) is 2. The van der Waals surface area contributed by atoms with Crippen molar-refractivity contribution in [3.05, 3.63) is 69.0 Å². The molecule has 0 atom stereocenters. The zero-order valence-electron chi connectivity index (χ0n) is 17.6. The van der Waals surface area contributed by atoms with Crippen molar-refractivity contribution in [1.29, 1.82) is 0 Å². The molecule has 0 aliphatic rings. The van der Waals surface area contributed by atoms with Gasteiger partial charge in [0.1, 0.15) is 0 Å². The summed E-state index contributed by atoms with van der Waals surface area (Å²) in [6, 6.07) is 9.35. The normalized spacial score (nSPS) is 11.0. The van der Waals surface area contributed by atoms with Crippen molar-refractivity contribution in [3.8, 4) is 11.5 Å². The Morgan fingerprint density at radius 3 is 2.53 bits per heavy atom. The average molecular weight is 484 g/mol. The number of halogens is 4. The molecule has 0 unspecified atom stereocenters. The summed E-state index contributed by atoms with van der Waals surface area (Å²) >= 11 is 12.1. The third-order valence-electron chi connectivity index (χ3n) is 4.66. The molecule has 0 saturated heterocycles. The molecule has 1 amide bonds.